The molecule has 9 heteroatoms. The maximum absolute atomic E-state index is 13.5. The second kappa shape index (κ2) is 8.87. The number of hydrogen-bond donors (Lipinski definition) is 1. The molecular weight excluding hydrogens is 489 g/mol. The first kappa shape index (κ1) is 26.1. The number of amides is 2. The van der Waals surface area contributed by atoms with E-state index in [1.165, 1.54) is 18.2 Å². The minimum atomic E-state index is -4.91. The quantitative estimate of drug-likeness (QED) is 0.442. The first-order valence-electron chi connectivity index (χ1n) is 11.6. The Bertz CT molecular complexity index is 1280. The van der Waals surface area contributed by atoms with Crippen molar-refractivity contribution in [1.82, 2.24) is 5.32 Å². The lowest BCUT2D eigenvalue weighted by Gasteiger charge is -2.43. The van der Waals surface area contributed by atoms with Gasteiger partial charge in [0.25, 0.3) is 11.1 Å². The number of carbonyl (C=O) groups is 2. The van der Waals surface area contributed by atoms with Gasteiger partial charge in [-0.25, -0.2) is 0 Å². The SMILES string of the molecule is CN(C)c1cc2c(cc1-c1c(C=C3SC(=O)NC3=O)cccc1OC(F)(F)F)C(C)(C)CCC2(C)C. The van der Waals surface area contributed by atoms with Gasteiger partial charge in [-0.2, -0.15) is 0 Å². The van der Waals surface area contributed by atoms with Crippen LogP contribution >= 0.6 is 11.8 Å². The summed E-state index contributed by atoms with van der Waals surface area (Å²) in [4.78, 5) is 25.9. The van der Waals surface area contributed by atoms with Crippen molar-refractivity contribution >= 4 is 34.7 Å². The first-order chi connectivity index (χ1) is 16.6. The van der Waals surface area contributed by atoms with Gasteiger partial charge in [0.1, 0.15) is 5.75 Å². The predicted molar refractivity (Wildman–Crippen MR) is 137 cm³/mol. The third-order valence-electron chi connectivity index (χ3n) is 6.93. The zero-order chi connectivity index (χ0) is 26.6. The zero-order valence-corrected chi connectivity index (χ0v) is 21.9. The number of anilines is 1. The highest BCUT2D eigenvalue weighted by Gasteiger charge is 2.39. The number of hydrogen-bond acceptors (Lipinski definition) is 5. The molecule has 2 amide bonds. The third-order valence-corrected chi connectivity index (χ3v) is 7.74. The molecule has 2 aromatic rings. The van der Waals surface area contributed by atoms with E-state index in [-0.39, 0.29) is 27.0 Å². The summed E-state index contributed by atoms with van der Waals surface area (Å²) >= 11 is 0.712. The van der Waals surface area contributed by atoms with Crippen LogP contribution in [-0.4, -0.2) is 31.6 Å². The second-order valence-corrected chi connectivity index (χ2v) is 11.7. The molecule has 0 atom stereocenters. The van der Waals surface area contributed by atoms with Crippen molar-refractivity contribution in [3.05, 3.63) is 51.9 Å². The number of rotatable bonds is 4. The zero-order valence-electron chi connectivity index (χ0n) is 21.1. The maximum Gasteiger partial charge on any atom is 0.573 e. The summed E-state index contributed by atoms with van der Waals surface area (Å²) in [6.45, 7) is 8.66. The fraction of sp³-hybridized carbons (Fsp3) is 0.407. The lowest BCUT2D eigenvalue weighted by molar-refractivity contribution is -0.274. The van der Waals surface area contributed by atoms with E-state index in [1.807, 2.05) is 25.1 Å². The van der Waals surface area contributed by atoms with Gasteiger partial charge in [-0.15, -0.1) is 13.2 Å². The number of ether oxygens (including phenoxy) is 1. The molecular formula is C27H29F3N2O3S. The predicted octanol–water partition coefficient (Wildman–Crippen LogP) is 6.99. The van der Waals surface area contributed by atoms with Gasteiger partial charge in [0.15, 0.2) is 0 Å². The van der Waals surface area contributed by atoms with Crippen LogP contribution < -0.4 is 15.0 Å². The largest absolute Gasteiger partial charge is 0.573 e. The third kappa shape index (κ3) is 4.98. The van der Waals surface area contributed by atoms with Crippen LogP contribution in [0.1, 0.15) is 57.2 Å². The summed E-state index contributed by atoms with van der Waals surface area (Å²) in [6.07, 6.45) is -1.55. The molecule has 1 aliphatic carbocycles. The fourth-order valence-electron chi connectivity index (χ4n) is 4.90. The number of carbonyl (C=O) groups excluding carboxylic acids is 2. The van der Waals surface area contributed by atoms with Crippen molar-refractivity contribution in [3.8, 4) is 16.9 Å². The summed E-state index contributed by atoms with van der Waals surface area (Å²) < 4.78 is 44.9. The van der Waals surface area contributed by atoms with Crippen LogP contribution in [0.4, 0.5) is 23.7 Å². The van der Waals surface area contributed by atoms with E-state index in [4.69, 9.17) is 0 Å². The molecule has 2 aromatic carbocycles. The molecule has 192 valence electrons. The van der Waals surface area contributed by atoms with Gasteiger partial charge in [0, 0.05) is 30.9 Å². The Hall–Kier alpha value is -2.94. The van der Waals surface area contributed by atoms with Gasteiger partial charge in [-0.05, 0) is 76.4 Å². The molecule has 0 bridgehead atoms. The average Bonchev–Trinajstić information content (AvgIpc) is 3.06. The Balaban J connectivity index is 2.06. The standard InChI is InChI=1S/C27H29F3N2O3S/c1-25(2)10-11-26(3,4)18-14-19(32(5)6)16(13-17(18)25)22-15(12-21-23(33)31-24(34)36-21)8-7-9-20(22)35-27(28,29)30/h7-9,12-14H,10-11H2,1-6H3,(H,31,33,34). The summed E-state index contributed by atoms with van der Waals surface area (Å²) in [5.41, 5.74) is 3.81. The van der Waals surface area contributed by atoms with Crippen molar-refractivity contribution in [2.45, 2.75) is 57.7 Å². The van der Waals surface area contributed by atoms with Crippen molar-refractivity contribution in [3.63, 3.8) is 0 Å². The van der Waals surface area contributed by atoms with Crippen LogP contribution in [0.5, 0.6) is 5.75 Å². The highest BCUT2D eigenvalue weighted by Crippen LogP contribution is 2.51. The molecule has 1 heterocycles. The Labute approximate surface area is 213 Å². The van der Waals surface area contributed by atoms with E-state index >= 15 is 0 Å². The van der Waals surface area contributed by atoms with Crippen molar-refractivity contribution < 1.29 is 27.5 Å². The molecule has 2 aliphatic rings. The number of benzene rings is 2. The fourth-order valence-corrected chi connectivity index (χ4v) is 5.57. The molecule has 1 saturated heterocycles. The molecule has 1 N–H and O–H groups in total. The highest BCUT2D eigenvalue weighted by atomic mass is 32.2. The van der Waals surface area contributed by atoms with Gasteiger partial charge < -0.3 is 9.64 Å². The molecule has 0 aromatic heterocycles. The van der Waals surface area contributed by atoms with Crippen LogP contribution in [0, 0.1) is 0 Å². The van der Waals surface area contributed by atoms with Gasteiger partial charge in [-0.3, -0.25) is 14.9 Å². The van der Waals surface area contributed by atoms with Crippen LogP contribution in [0.2, 0.25) is 0 Å². The number of nitrogens with zero attached hydrogens (tertiary/aromatic N) is 1. The molecule has 0 radical (unpaired) electrons. The van der Waals surface area contributed by atoms with Gasteiger partial charge in [0.05, 0.1) is 4.91 Å². The van der Waals surface area contributed by atoms with Crippen LogP contribution in [-0.2, 0) is 15.6 Å². The average molecular weight is 519 g/mol. The summed E-state index contributed by atoms with van der Waals surface area (Å²) in [7, 11) is 3.69. The number of imide groups is 1. The first-order valence-corrected chi connectivity index (χ1v) is 12.4. The summed E-state index contributed by atoms with van der Waals surface area (Å²) in [6, 6.07) is 8.37. The number of alkyl halides is 3. The summed E-state index contributed by atoms with van der Waals surface area (Å²) in [5, 5.41) is 1.66. The Morgan fingerprint density at radius 2 is 1.64 bits per heavy atom. The van der Waals surface area contributed by atoms with E-state index in [0.717, 1.165) is 29.7 Å². The van der Waals surface area contributed by atoms with E-state index in [2.05, 4.69) is 43.8 Å². The van der Waals surface area contributed by atoms with Gasteiger partial charge >= 0.3 is 6.36 Å². The topological polar surface area (TPSA) is 58.6 Å². The molecule has 1 fully saturated rings. The maximum atomic E-state index is 13.5. The monoisotopic (exact) mass is 518 g/mol. The second-order valence-electron chi connectivity index (χ2n) is 10.7. The minimum Gasteiger partial charge on any atom is -0.405 e. The Kier molecular flexibility index (Phi) is 6.44. The number of fused-ring (bicyclic) bond motifs is 1. The van der Waals surface area contributed by atoms with Crippen molar-refractivity contribution in [1.29, 1.82) is 0 Å². The lowest BCUT2D eigenvalue weighted by Crippen LogP contribution is -2.34. The van der Waals surface area contributed by atoms with E-state index in [1.54, 1.807) is 6.07 Å². The molecule has 0 spiro atoms. The van der Waals surface area contributed by atoms with Gasteiger partial charge in [0.2, 0.25) is 0 Å². The van der Waals surface area contributed by atoms with E-state index in [9.17, 15) is 22.8 Å². The summed E-state index contributed by atoms with van der Waals surface area (Å²) in [5.74, 6) is -0.957. The Morgan fingerprint density at radius 1 is 1.03 bits per heavy atom. The molecule has 0 saturated carbocycles. The van der Waals surface area contributed by atoms with E-state index in [0.29, 0.717) is 22.9 Å². The minimum absolute atomic E-state index is 0.0973. The van der Waals surface area contributed by atoms with Crippen molar-refractivity contribution in [2.24, 2.45) is 0 Å². The lowest BCUT2D eigenvalue weighted by atomic mass is 9.62. The molecule has 0 unspecified atom stereocenters. The normalized spacial score (nSPS) is 19.8. The number of halogens is 3. The van der Waals surface area contributed by atoms with Crippen LogP contribution in [0.3, 0.4) is 0 Å². The molecule has 4 rings (SSSR count). The number of thioether (sulfide) groups is 1. The Morgan fingerprint density at radius 3 is 2.17 bits per heavy atom. The van der Waals surface area contributed by atoms with E-state index < -0.39 is 17.5 Å². The molecule has 5 nitrogen and oxygen atoms in total. The molecule has 1 aliphatic heterocycles. The molecule has 36 heavy (non-hydrogen) atoms. The van der Waals surface area contributed by atoms with Crippen LogP contribution in [0.25, 0.3) is 17.2 Å². The highest BCUT2D eigenvalue weighted by molar-refractivity contribution is 8.18. The number of nitrogens with one attached hydrogen (secondary N) is 1. The van der Waals surface area contributed by atoms with Crippen molar-refractivity contribution in [2.75, 3.05) is 19.0 Å². The van der Waals surface area contributed by atoms with Crippen LogP contribution in [0.15, 0.2) is 35.2 Å². The van der Waals surface area contributed by atoms with Gasteiger partial charge in [-0.1, -0.05) is 39.8 Å². The smallest absolute Gasteiger partial charge is 0.405 e.